The Labute approximate surface area is 72.7 Å². The van der Waals surface area contributed by atoms with E-state index >= 15 is 0 Å². The average Bonchev–Trinajstić information content (AvgIpc) is 2.44. The predicted octanol–water partition coefficient (Wildman–Crippen LogP) is 1.21. The third-order valence-corrected chi connectivity index (χ3v) is 3.17. The van der Waals surface area contributed by atoms with E-state index in [1.165, 1.54) is 6.42 Å². The van der Waals surface area contributed by atoms with Gasteiger partial charge in [0.05, 0.1) is 6.61 Å². The van der Waals surface area contributed by atoms with E-state index in [1.807, 2.05) is 0 Å². The van der Waals surface area contributed by atoms with Gasteiger partial charge in [-0.2, -0.15) is 0 Å². The highest BCUT2D eigenvalue weighted by Gasteiger charge is 2.48. The zero-order valence-corrected chi connectivity index (χ0v) is 7.55. The summed E-state index contributed by atoms with van der Waals surface area (Å²) in [6, 6.07) is 0. The van der Waals surface area contributed by atoms with Crippen molar-refractivity contribution in [3.63, 3.8) is 0 Å². The average molecular weight is 173 g/mol. The first-order valence-electron chi connectivity index (χ1n) is 4.65. The second-order valence-corrected chi connectivity index (χ2v) is 4.01. The quantitative estimate of drug-likeness (QED) is 0.622. The first-order chi connectivity index (χ1) is 5.77. The van der Waals surface area contributed by atoms with Crippen LogP contribution in [0.4, 0.5) is 4.39 Å². The molecular weight excluding hydrogens is 157 g/mol. The maximum absolute atomic E-state index is 13.1. The van der Waals surface area contributed by atoms with Crippen molar-refractivity contribution in [3.05, 3.63) is 0 Å². The van der Waals surface area contributed by atoms with Crippen LogP contribution >= 0.6 is 0 Å². The van der Waals surface area contributed by atoms with Gasteiger partial charge in [-0.3, -0.25) is 4.90 Å². The fourth-order valence-corrected chi connectivity index (χ4v) is 2.72. The highest BCUT2D eigenvalue weighted by molar-refractivity contribution is 5.03. The van der Waals surface area contributed by atoms with Crippen molar-refractivity contribution in [2.75, 3.05) is 26.8 Å². The van der Waals surface area contributed by atoms with Gasteiger partial charge in [-0.05, 0) is 19.4 Å². The molecule has 2 fully saturated rings. The summed E-state index contributed by atoms with van der Waals surface area (Å²) in [6.45, 7) is 2.39. The molecule has 0 aromatic rings. The first kappa shape index (κ1) is 8.45. The molecule has 12 heavy (non-hydrogen) atoms. The second kappa shape index (κ2) is 2.96. The minimum atomic E-state index is -0.625. The molecule has 3 heteroatoms. The minimum Gasteiger partial charge on any atom is -0.383 e. The lowest BCUT2D eigenvalue weighted by Gasteiger charge is -2.30. The van der Waals surface area contributed by atoms with E-state index in [2.05, 4.69) is 4.90 Å². The van der Waals surface area contributed by atoms with Gasteiger partial charge in [0.1, 0.15) is 6.17 Å². The number of hydrogen-bond donors (Lipinski definition) is 0. The highest BCUT2D eigenvalue weighted by atomic mass is 19.1. The third kappa shape index (κ3) is 1.15. The third-order valence-electron chi connectivity index (χ3n) is 3.17. The van der Waals surface area contributed by atoms with Crippen LogP contribution in [-0.2, 0) is 4.74 Å². The molecule has 0 aromatic carbocycles. The summed E-state index contributed by atoms with van der Waals surface area (Å²) in [6.07, 6.45) is 2.37. The maximum atomic E-state index is 13.1. The van der Waals surface area contributed by atoms with Crippen LogP contribution in [-0.4, -0.2) is 43.4 Å². The standard InChI is InChI=1S/C9H16FNO/c1-12-7-9-3-2-4-11(9)6-8(10)5-9/h8H,2-7H2,1H3/t8-,9?/m1/s1. The molecule has 0 saturated carbocycles. The van der Waals surface area contributed by atoms with E-state index < -0.39 is 6.17 Å². The van der Waals surface area contributed by atoms with E-state index in [4.69, 9.17) is 4.74 Å². The van der Waals surface area contributed by atoms with Crippen LogP contribution in [0.2, 0.25) is 0 Å². The predicted molar refractivity (Wildman–Crippen MR) is 44.9 cm³/mol. The van der Waals surface area contributed by atoms with Crippen LogP contribution in [0, 0.1) is 0 Å². The van der Waals surface area contributed by atoms with Crippen LogP contribution in [0.1, 0.15) is 19.3 Å². The number of alkyl halides is 1. The van der Waals surface area contributed by atoms with Gasteiger partial charge in [-0.25, -0.2) is 4.39 Å². The fourth-order valence-electron chi connectivity index (χ4n) is 2.72. The van der Waals surface area contributed by atoms with Gasteiger partial charge in [0.15, 0.2) is 0 Å². The number of hydrogen-bond acceptors (Lipinski definition) is 2. The molecule has 2 saturated heterocycles. The van der Waals surface area contributed by atoms with Crippen LogP contribution in [0.15, 0.2) is 0 Å². The Bertz CT molecular complexity index is 176. The lowest BCUT2D eigenvalue weighted by Crippen LogP contribution is -2.42. The molecule has 0 spiro atoms. The Morgan fingerprint density at radius 3 is 3.25 bits per heavy atom. The summed E-state index contributed by atoms with van der Waals surface area (Å²) in [5, 5.41) is 0. The monoisotopic (exact) mass is 173 g/mol. The number of nitrogens with zero attached hydrogens (tertiary/aromatic N) is 1. The molecule has 0 aliphatic carbocycles. The molecule has 2 nitrogen and oxygen atoms in total. The lowest BCUT2D eigenvalue weighted by molar-refractivity contribution is 0.0652. The normalized spacial score (nSPS) is 42.0. The van der Waals surface area contributed by atoms with Crippen LogP contribution in [0.3, 0.4) is 0 Å². The van der Waals surface area contributed by atoms with E-state index in [0.717, 1.165) is 13.0 Å². The van der Waals surface area contributed by atoms with Gasteiger partial charge in [-0.15, -0.1) is 0 Å². The molecule has 2 aliphatic heterocycles. The van der Waals surface area contributed by atoms with Gasteiger partial charge in [0.2, 0.25) is 0 Å². The topological polar surface area (TPSA) is 12.5 Å². The van der Waals surface area contributed by atoms with Crippen molar-refractivity contribution in [1.82, 2.24) is 4.90 Å². The molecule has 1 unspecified atom stereocenters. The number of methoxy groups -OCH3 is 1. The summed E-state index contributed by atoms with van der Waals surface area (Å²) in [4.78, 5) is 2.27. The Morgan fingerprint density at radius 2 is 2.50 bits per heavy atom. The van der Waals surface area contributed by atoms with Crippen molar-refractivity contribution in [3.8, 4) is 0 Å². The molecule has 2 rings (SSSR count). The van der Waals surface area contributed by atoms with Gasteiger partial charge in [0.25, 0.3) is 0 Å². The van der Waals surface area contributed by atoms with Crippen molar-refractivity contribution in [2.45, 2.75) is 31.0 Å². The molecule has 0 aromatic heterocycles. The molecule has 0 N–H and O–H groups in total. The zero-order valence-electron chi connectivity index (χ0n) is 7.55. The molecule has 0 amide bonds. The largest absolute Gasteiger partial charge is 0.383 e. The smallest absolute Gasteiger partial charge is 0.115 e. The SMILES string of the molecule is COCC12CCCN1C[C@H](F)C2. The van der Waals surface area contributed by atoms with Gasteiger partial charge in [-0.1, -0.05) is 0 Å². The summed E-state index contributed by atoms with van der Waals surface area (Å²) >= 11 is 0. The molecular formula is C9H16FNO. The van der Waals surface area contributed by atoms with Crippen molar-refractivity contribution in [2.24, 2.45) is 0 Å². The Balaban J connectivity index is 2.09. The molecule has 2 atom stereocenters. The van der Waals surface area contributed by atoms with E-state index in [-0.39, 0.29) is 5.54 Å². The molecule has 2 heterocycles. The summed E-state index contributed by atoms with van der Waals surface area (Å²) in [7, 11) is 1.71. The molecule has 0 radical (unpaired) electrons. The van der Waals surface area contributed by atoms with Gasteiger partial charge >= 0.3 is 0 Å². The van der Waals surface area contributed by atoms with E-state index in [1.54, 1.807) is 7.11 Å². The van der Waals surface area contributed by atoms with Crippen molar-refractivity contribution < 1.29 is 9.13 Å². The number of halogens is 1. The Kier molecular flexibility index (Phi) is 2.09. The summed E-state index contributed by atoms with van der Waals surface area (Å²) < 4.78 is 18.3. The second-order valence-electron chi connectivity index (χ2n) is 4.01. The van der Waals surface area contributed by atoms with Gasteiger partial charge in [0, 0.05) is 25.6 Å². The molecule has 0 bridgehead atoms. The lowest BCUT2D eigenvalue weighted by atomic mass is 9.95. The molecule has 2 aliphatic rings. The Hall–Kier alpha value is -0.150. The van der Waals surface area contributed by atoms with E-state index in [9.17, 15) is 4.39 Å². The zero-order chi connectivity index (χ0) is 8.60. The van der Waals surface area contributed by atoms with Crippen LogP contribution in [0.5, 0.6) is 0 Å². The van der Waals surface area contributed by atoms with Crippen molar-refractivity contribution >= 4 is 0 Å². The molecule has 70 valence electrons. The number of rotatable bonds is 2. The minimum absolute atomic E-state index is 0.0637. The van der Waals surface area contributed by atoms with Crippen LogP contribution < -0.4 is 0 Å². The number of ether oxygens (including phenoxy) is 1. The summed E-state index contributed by atoms with van der Waals surface area (Å²) in [5.41, 5.74) is 0.0637. The van der Waals surface area contributed by atoms with Gasteiger partial charge < -0.3 is 4.74 Å². The fraction of sp³-hybridized carbons (Fsp3) is 1.00. The Morgan fingerprint density at radius 1 is 1.67 bits per heavy atom. The van der Waals surface area contributed by atoms with Crippen molar-refractivity contribution in [1.29, 1.82) is 0 Å². The summed E-state index contributed by atoms with van der Waals surface area (Å²) in [5.74, 6) is 0. The first-order valence-corrected chi connectivity index (χ1v) is 4.65. The van der Waals surface area contributed by atoms with E-state index in [0.29, 0.717) is 19.6 Å². The highest BCUT2D eigenvalue weighted by Crippen LogP contribution is 2.39. The maximum Gasteiger partial charge on any atom is 0.115 e. The number of fused-ring (bicyclic) bond motifs is 1. The van der Waals surface area contributed by atoms with Crippen LogP contribution in [0.25, 0.3) is 0 Å².